The molecule has 5 heteroatoms. The van der Waals surface area contributed by atoms with E-state index >= 15 is 0 Å². The molecule has 1 heterocycles. The Morgan fingerprint density at radius 2 is 2.73 bits per heavy atom. The third kappa shape index (κ3) is 2.61. The van der Waals surface area contributed by atoms with Crippen molar-refractivity contribution in [2.24, 2.45) is 5.10 Å². The fraction of sp³-hybridized carbons (Fsp3) is 0.167. The first kappa shape index (κ1) is 8.10. The Morgan fingerprint density at radius 1 is 1.91 bits per heavy atom. The second-order valence-corrected chi connectivity index (χ2v) is 2.26. The van der Waals surface area contributed by atoms with E-state index < -0.39 is 0 Å². The van der Waals surface area contributed by atoms with Crippen molar-refractivity contribution in [1.29, 1.82) is 0 Å². The van der Waals surface area contributed by atoms with Crippen molar-refractivity contribution in [3.8, 4) is 0 Å². The van der Waals surface area contributed by atoms with Crippen LogP contribution in [0, 0.1) is 0 Å². The lowest BCUT2D eigenvalue weighted by Crippen LogP contribution is -2.44. The minimum absolute atomic E-state index is 0.525. The summed E-state index contributed by atoms with van der Waals surface area (Å²) >= 11 is 5.64. The number of hydrogen-bond acceptors (Lipinski definition) is 4. The molecule has 0 aliphatic carbocycles. The van der Waals surface area contributed by atoms with Crippen molar-refractivity contribution < 1.29 is 0 Å². The van der Waals surface area contributed by atoms with Crippen LogP contribution in [-0.2, 0) is 0 Å². The Bertz CT molecular complexity index is 199. The zero-order chi connectivity index (χ0) is 8.10. The molecule has 0 atom stereocenters. The van der Waals surface area contributed by atoms with E-state index in [2.05, 4.69) is 22.5 Å². The topological polar surface area (TPSA) is 39.7 Å². The van der Waals surface area contributed by atoms with Gasteiger partial charge in [-0.05, 0) is 6.08 Å². The first-order chi connectivity index (χ1) is 5.33. The number of hydrazine groups is 2. The lowest BCUT2D eigenvalue weighted by atomic mass is 10.6. The maximum absolute atomic E-state index is 5.64. The van der Waals surface area contributed by atoms with Crippen molar-refractivity contribution in [1.82, 2.24) is 16.1 Å². The van der Waals surface area contributed by atoms with Crippen molar-refractivity contribution >= 4 is 17.8 Å². The lowest BCUT2D eigenvalue weighted by molar-refractivity contribution is 0.151. The summed E-state index contributed by atoms with van der Waals surface area (Å²) in [5, 5.41) is 5.84. The first-order valence-corrected chi connectivity index (χ1v) is 3.51. The summed E-state index contributed by atoms with van der Waals surface area (Å²) in [4.78, 5) is 0. The van der Waals surface area contributed by atoms with Gasteiger partial charge < -0.3 is 0 Å². The van der Waals surface area contributed by atoms with Crippen LogP contribution in [0.15, 0.2) is 29.0 Å². The monoisotopic (exact) mass is 172 g/mol. The van der Waals surface area contributed by atoms with Crippen molar-refractivity contribution in [3.05, 3.63) is 23.9 Å². The van der Waals surface area contributed by atoms with Gasteiger partial charge in [0.15, 0.2) is 0 Å². The van der Waals surface area contributed by atoms with Gasteiger partial charge in [0.1, 0.15) is 5.16 Å². The van der Waals surface area contributed by atoms with Crippen molar-refractivity contribution in [2.75, 3.05) is 6.54 Å². The summed E-state index contributed by atoms with van der Waals surface area (Å²) in [7, 11) is 0. The van der Waals surface area contributed by atoms with Crippen LogP contribution in [0.3, 0.4) is 0 Å². The van der Waals surface area contributed by atoms with Gasteiger partial charge in [0, 0.05) is 6.54 Å². The van der Waals surface area contributed by atoms with Crippen LogP contribution in [0.25, 0.3) is 0 Å². The Labute approximate surface area is 70.1 Å². The van der Waals surface area contributed by atoms with Gasteiger partial charge in [-0.15, -0.1) is 16.9 Å². The van der Waals surface area contributed by atoms with E-state index in [0.29, 0.717) is 11.7 Å². The van der Waals surface area contributed by atoms with Gasteiger partial charge in [0.25, 0.3) is 0 Å². The molecule has 0 fully saturated rings. The van der Waals surface area contributed by atoms with E-state index in [4.69, 9.17) is 11.6 Å². The predicted molar refractivity (Wildman–Crippen MR) is 45.6 cm³/mol. The summed E-state index contributed by atoms with van der Waals surface area (Å²) in [6.07, 6.45) is 4.98. The normalized spacial score (nSPS) is 15.7. The molecular weight excluding hydrogens is 164 g/mol. The molecular formula is C6H9ClN4. The number of hydrogen-bond donors (Lipinski definition) is 2. The summed E-state index contributed by atoms with van der Waals surface area (Å²) in [5.41, 5.74) is 5.64. The molecule has 4 nitrogen and oxygen atoms in total. The number of rotatable bonds is 3. The summed E-state index contributed by atoms with van der Waals surface area (Å²) < 4.78 is 0. The predicted octanol–water partition coefficient (Wildman–Crippen LogP) is 0.563. The molecule has 60 valence electrons. The fourth-order valence-electron chi connectivity index (χ4n) is 0.564. The molecule has 0 radical (unpaired) electrons. The lowest BCUT2D eigenvalue weighted by Gasteiger charge is -2.21. The van der Waals surface area contributed by atoms with Crippen LogP contribution >= 0.6 is 11.6 Å². The maximum atomic E-state index is 5.64. The van der Waals surface area contributed by atoms with Gasteiger partial charge >= 0.3 is 0 Å². The first-order valence-electron chi connectivity index (χ1n) is 3.14. The highest BCUT2D eigenvalue weighted by atomic mass is 35.5. The molecule has 0 bridgehead atoms. The number of nitrogens with one attached hydrogen (secondary N) is 2. The molecule has 0 amide bonds. The summed E-state index contributed by atoms with van der Waals surface area (Å²) in [5.74, 6) is 0. The number of halogens is 1. The highest BCUT2D eigenvalue weighted by Crippen LogP contribution is 1.98. The minimum Gasteiger partial charge on any atom is -0.256 e. The smallest absolute Gasteiger partial charge is 0.125 e. The average molecular weight is 173 g/mol. The Kier molecular flexibility index (Phi) is 2.95. The van der Waals surface area contributed by atoms with E-state index in [1.807, 2.05) is 0 Å². The Morgan fingerprint density at radius 3 is 3.36 bits per heavy atom. The van der Waals surface area contributed by atoms with Crippen LogP contribution in [0.5, 0.6) is 0 Å². The standard InChI is InChI=1S/C6H9ClN4/c1-2-4-8-11-9-5-3-6(7)10-11/h2-3,5,8,10H,1,4H2. The second kappa shape index (κ2) is 4.00. The van der Waals surface area contributed by atoms with Crippen LogP contribution in [0.2, 0.25) is 0 Å². The molecule has 0 aromatic carbocycles. The second-order valence-electron chi connectivity index (χ2n) is 1.85. The van der Waals surface area contributed by atoms with Gasteiger partial charge in [-0.25, -0.2) is 0 Å². The van der Waals surface area contributed by atoms with Crippen LogP contribution in [-0.4, -0.2) is 18.0 Å². The van der Waals surface area contributed by atoms with Gasteiger partial charge in [0.05, 0.1) is 6.21 Å². The molecule has 1 aliphatic heterocycles. The number of nitrogens with zero attached hydrogens (tertiary/aromatic N) is 2. The molecule has 0 unspecified atom stereocenters. The van der Waals surface area contributed by atoms with E-state index in [-0.39, 0.29) is 0 Å². The van der Waals surface area contributed by atoms with Crippen LogP contribution < -0.4 is 10.9 Å². The van der Waals surface area contributed by atoms with Crippen LogP contribution in [0.1, 0.15) is 0 Å². The zero-order valence-corrected chi connectivity index (χ0v) is 6.67. The molecule has 0 spiro atoms. The van der Waals surface area contributed by atoms with Crippen molar-refractivity contribution in [3.63, 3.8) is 0 Å². The van der Waals surface area contributed by atoms with Gasteiger partial charge in [-0.2, -0.15) is 5.43 Å². The number of hydrazone groups is 1. The van der Waals surface area contributed by atoms with Gasteiger partial charge in [-0.3, -0.25) is 5.43 Å². The largest absolute Gasteiger partial charge is 0.256 e. The zero-order valence-electron chi connectivity index (χ0n) is 5.92. The third-order valence-electron chi connectivity index (χ3n) is 1.00. The third-order valence-corrected chi connectivity index (χ3v) is 1.21. The van der Waals surface area contributed by atoms with Crippen LogP contribution in [0.4, 0.5) is 0 Å². The van der Waals surface area contributed by atoms with Gasteiger partial charge in [0.2, 0.25) is 0 Å². The molecule has 11 heavy (non-hydrogen) atoms. The minimum atomic E-state index is 0.525. The molecule has 1 rings (SSSR count). The summed E-state index contributed by atoms with van der Waals surface area (Å²) in [6, 6.07) is 0. The molecule has 0 aromatic heterocycles. The molecule has 1 aliphatic rings. The maximum Gasteiger partial charge on any atom is 0.125 e. The van der Waals surface area contributed by atoms with E-state index in [9.17, 15) is 0 Å². The quantitative estimate of drug-likeness (QED) is 0.483. The fourth-order valence-corrected chi connectivity index (χ4v) is 0.701. The molecule has 0 saturated heterocycles. The van der Waals surface area contributed by atoms with E-state index in [0.717, 1.165) is 0 Å². The summed E-state index contributed by atoms with van der Waals surface area (Å²) in [6.45, 7) is 4.18. The van der Waals surface area contributed by atoms with E-state index in [1.165, 1.54) is 5.23 Å². The number of allylic oxidation sites excluding steroid dienone is 1. The highest BCUT2D eigenvalue weighted by Gasteiger charge is 2.01. The SMILES string of the molecule is C=CCNN1N=CC=C(Cl)N1. The Hall–Kier alpha value is -1.000. The van der Waals surface area contributed by atoms with E-state index in [1.54, 1.807) is 18.4 Å². The highest BCUT2D eigenvalue weighted by molar-refractivity contribution is 6.30. The van der Waals surface area contributed by atoms with Crippen molar-refractivity contribution in [2.45, 2.75) is 0 Å². The van der Waals surface area contributed by atoms with Gasteiger partial charge in [-0.1, -0.05) is 17.7 Å². The molecule has 0 aromatic rings. The Balaban J connectivity index is 2.33. The molecule has 0 saturated carbocycles. The molecule has 2 N–H and O–H groups in total. The average Bonchev–Trinajstić information content (AvgIpc) is 2.01.